The average molecular weight is 469 g/mol. The van der Waals surface area contributed by atoms with Crippen molar-refractivity contribution in [2.45, 2.75) is 65.8 Å². The van der Waals surface area contributed by atoms with Crippen molar-refractivity contribution in [1.29, 1.82) is 0 Å². The molecule has 0 bridgehead atoms. The number of hydrogen-bond acceptors (Lipinski definition) is 7. The fourth-order valence-electron chi connectivity index (χ4n) is 6.08. The minimum atomic E-state index is -1.26. The Hall–Kier alpha value is -2.04. The number of carbonyl (C=O) groups excluding carboxylic acids is 4. The van der Waals surface area contributed by atoms with Crippen LogP contribution < -0.4 is 5.73 Å². The van der Waals surface area contributed by atoms with E-state index in [0.29, 0.717) is 24.7 Å². The molecule has 3 atom stereocenters. The number of hydrogen-bond donors (Lipinski definition) is 2. The van der Waals surface area contributed by atoms with Crippen LogP contribution in [0.4, 0.5) is 4.79 Å². The number of carbonyl (C=O) groups is 4. The molecule has 0 spiro atoms. The monoisotopic (exact) mass is 468 g/mol. The third-order valence-corrected chi connectivity index (χ3v) is 8.05. The van der Waals surface area contributed by atoms with Gasteiger partial charge in [-0.3, -0.25) is 14.8 Å². The Labute approximate surface area is 194 Å². The number of amides is 4. The highest BCUT2D eigenvalue weighted by Gasteiger charge is 2.69. The summed E-state index contributed by atoms with van der Waals surface area (Å²) >= 11 is 0. The van der Waals surface area contributed by atoms with E-state index in [4.69, 9.17) is 15.2 Å². The van der Waals surface area contributed by atoms with E-state index in [2.05, 4.69) is 0 Å². The van der Waals surface area contributed by atoms with Crippen LogP contribution in [0.5, 0.6) is 0 Å². The number of quaternary nitrogens is 1. The summed E-state index contributed by atoms with van der Waals surface area (Å²) in [5, 5.41) is 10.5. The Balaban J connectivity index is 2.06. The van der Waals surface area contributed by atoms with Gasteiger partial charge in [-0.05, 0) is 25.7 Å². The summed E-state index contributed by atoms with van der Waals surface area (Å²) in [7, 11) is 0. The van der Waals surface area contributed by atoms with Gasteiger partial charge in [-0.15, -0.1) is 4.48 Å². The predicted octanol–water partition coefficient (Wildman–Crippen LogP) is 1.83. The highest BCUT2D eigenvalue weighted by Crippen LogP contribution is 2.49. The molecule has 0 aromatic heterocycles. The van der Waals surface area contributed by atoms with Gasteiger partial charge in [0, 0.05) is 17.3 Å². The molecule has 2 aliphatic heterocycles. The smallest absolute Gasteiger partial charge is 0.419 e. The lowest BCUT2D eigenvalue weighted by Gasteiger charge is -2.44. The first kappa shape index (κ1) is 25.6. The molecule has 10 nitrogen and oxygen atoms in total. The zero-order valence-electron chi connectivity index (χ0n) is 20.2. The number of nitrogens with two attached hydrogens (primary N) is 1. The fourth-order valence-corrected chi connectivity index (χ4v) is 6.08. The maximum absolute atomic E-state index is 14.5. The average Bonchev–Trinajstić information content (AvgIpc) is 3.36. The third-order valence-electron chi connectivity index (χ3n) is 8.05. The molecule has 0 aromatic rings. The Morgan fingerprint density at radius 1 is 1.24 bits per heavy atom. The van der Waals surface area contributed by atoms with Crippen LogP contribution in [0.15, 0.2) is 0 Å². The molecule has 1 aliphatic carbocycles. The summed E-state index contributed by atoms with van der Waals surface area (Å²) in [5.41, 5.74) is 3.50. The second kappa shape index (κ2) is 8.96. The Bertz CT molecular complexity index is 806. The van der Waals surface area contributed by atoms with Gasteiger partial charge in [-0.25, -0.2) is 9.86 Å². The summed E-state index contributed by atoms with van der Waals surface area (Å²) in [6, 6.07) is -1.12. The van der Waals surface area contributed by atoms with Crippen molar-refractivity contribution in [1.82, 2.24) is 5.06 Å². The van der Waals surface area contributed by atoms with Gasteiger partial charge in [0.15, 0.2) is 6.04 Å². The number of hydroxylamine groups is 2. The molecule has 186 valence electrons. The number of nitrogens with zero attached hydrogens (tertiary/aromatic N) is 2. The molecule has 1 saturated carbocycles. The van der Waals surface area contributed by atoms with E-state index in [9.17, 15) is 24.4 Å². The number of ether oxygens (including phenoxy) is 2. The van der Waals surface area contributed by atoms with E-state index in [1.807, 2.05) is 20.8 Å². The van der Waals surface area contributed by atoms with Gasteiger partial charge >= 0.3 is 12.0 Å². The first-order valence-corrected chi connectivity index (χ1v) is 11.7. The summed E-state index contributed by atoms with van der Waals surface area (Å²) in [4.78, 5) is 52.2. The summed E-state index contributed by atoms with van der Waals surface area (Å²) in [6.07, 6.45) is 3.14. The summed E-state index contributed by atoms with van der Waals surface area (Å²) in [6.45, 7) is 7.98. The molecular formula is C23H38N3O7+. The SMILES string of the molecule is CC1(COC(=O)[N+]2(C(=O)[C@@](C)(CN(O)C=O)C3CCCC3)CCC(C)(C)[C@H]2C(N)=O)COC1. The molecule has 3 fully saturated rings. The third kappa shape index (κ3) is 4.40. The first-order valence-electron chi connectivity index (χ1n) is 11.7. The van der Waals surface area contributed by atoms with E-state index >= 15 is 0 Å². The van der Waals surface area contributed by atoms with Crippen molar-refractivity contribution < 1.29 is 38.3 Å². The van der Waals surface area contributed by atoms with Gasteiger partial charge in [0.25, 0.3) is 5.91 Å². The number of rotatable bonds is 8. The van der Waals surface area contributed by atoms with Crippen molar-refractivity contribution in [3.8, 4) is 0 Å². The number of imide groups is 1. The van der Waals surface area contributed by atoms with E-state index in [0.717, 1.165) is 25.7 Å². The van der Waals surface area contributed by atoms with Crippen LogP contribution in [-0.2, 0) is 23.9 Å². The van der Waals surface area contributed by atoms with Crippen molar-refractivity contribution in [3.05, 3.63) is 0 Å². The lowest BCUT2D eigenvalue weighted by molar-refractivity contribution is -0.793. The van der Waals surface area contributed by atoms with Gasteiger partial charge < -0.3 is 15.2 Å². The number of primary amides is 1. The molecule has 2 heterocycles. The molecule has 1 unspecified atom stereocenters. The van der Waals surface area contributed by atoms with Crippen LogP contribution >= 0.6 is 0 Å². The molecular weight excluding hydrogens is 430 g/mol. The van der Waals surface area contributed by atoms with Crippen LogP contribution in [0.2, 0.25) is 0 Å². The van der Waals surface area contributed by atoms with Crippen LogP contribution in [0.3, 0.4) is 0 Å². The van der Waals surface area contributed by atoms with Crippen LogP contribution in [0.25, 0.3) is 0 Å². The zero-order chi connectivity index (χ0) is 24.7. The van der Waals surface area contributed by atoms with Gasteiger partial charge in [-0.2, -0.15) is 4.79 Å². The van der Waals surface area contributed by atoms with E-state index in [1.54, 1.807) is 6.92 Å². The van der Waals surface area contributed by atoms with E-state index < -0.39 is 39.3 Å². The van der Waals surface area contributed by atoms with Crippen LogP contribution in [0.1, 0.15) is 59.8 Å². The Morgan fingerprint density at radius 2 is 1.85 bits per heavy atom. The van der Waals surface area contributed by atoms with Gasteiger partial charge in [-0.1, -0.05) is 33.6 Å². The van der Waals surface area contributed by atoms with Crippen molar-refractivity contribution in [2.24, 2.45) is 27.9 Å². The van der Waals surface area contributed by atoms with Gasteiger partial charge in [0.05, 0.1) is 26.3 Å². The molecule has 3 N–H and O–H groups in total. The molecule has 33 heavy (non-hydrogen) atoms. The minimum Gasteiger partial charge on any atom is -0.419 e. The maximum Gasteiger partial charge on any atom is 0.524 e. The zero-order valence-corrected chi connectivity index (χ0v) is 20.2. The lowest BCUT2D eigenvalue weighted by Crippen LogP contribution is -2.70. The van der Waals surface area contributed by atoms with Crippen molar-refractivity contribution >= 4 is 24.3 Å². The largest absolute Gasteiger partial charge is 0.524 e. The summed E-state index contributed by atoms with van der Waals surface area (Å²) in [5.74, 6) is -1.42. The van der Waals surface area contributed by atoms with Gasteiger partial charge in [0.2, 0.25) is 6.41 Å². The molecule has 2 saturated heterocycles. The fraction of sp³-hybridized carbons (Fsp3) is 0.826. The van der Waals surface area contributed by atoms with Crippen molar-refractivity contribution in [3.63, 3.8) is 0 Å². The van der Waals surface area contributed by atoms with Crippen LogP contribution in [-0.4, -0.2) is 78.0 Å². The standard InChI is InChI=1S/C23H37N3O7/c1-21(2)9-10-26(17(21)18(24)28,20(30)33-14-22(3)12-32-13-22)19(29)23(4,11-25(31)15-27)16-7-5-6-8-16/h15-17,31H,5-14H2,1-4H3,(H-,24,28)/p+1/t17-,23+,26?/m1/s1. The molecule has 10 heteroatoms. The number of likely N-dealkylation sites (tertiary alicyclic amines) is 1. The van der Waals surface area contributed by atoms with E-state index in [1.165, 1.54) is 0 Å². The quantitative estimate of drug-likeness (QED) is 0.240. The second-order valence-corrected chi connectivity index (χ2v) is 11.4. The molecule has 0 aromatic carbocycles. The minimum absolute atomic E-state index is 0.0611. The van der Waals surface area contributed by atoms with Gasteiger partial charge in [0.1, 0.15) is 12.0 Å². The second-order valence-electron chi connectivity index (χ2n) is 11.4. The molecule has 3 aliphatic rings. The Morgan fingerprint density at radius 3 is 2.33 bits per heavy atom. The highest BCUT2D eigenvalue weighted by atomic mass is 16.6. The van der Waals surface area contributed by atoms with Crippen molar-refractivity contribution in [2.75, 3.05) is 32.9 Å². The molecule has 0 radical (unpaired) electrons. The Kier molecular flexibility index (Phi) is 6.94. The maximum atomic E-state index is 14.5. The molecule has 4 amide bonds. The lowest BCUT2D eigenvalue weighted by atomic mass is 9.73. The highest BCUT2D eigenvalue weighted by molar-refractivity contribution is 5.92. The topological polar surface area (TPSA) is 136 Å². The first-order chi connectivity index (χ1) is 15.3. The van der Waals surface area contributed by atoms with E-state index in [-0.39, 0.29) is 37.4 Å². The summed E-state index contributed by atoms with van der Waals surface area (Å²) < 4.78 is 10.1. The normalized spacial score (nSPS) is 30.2. The predicted molar refractivity (Wildman–Crippen MR) is 116 cm³/mol. The van der Waals surface area contributed by atoms with Crippen LogP contribution in [0, 0.1) is 22.2 Å². The molecule has 3 rings (SSSR count).